The van der Waals surface area contributed by atoms with Gasteiger partial charge in [0.2, 0.25) is 0 Å². The van der Waals surface area contributed by atoms with Crippen LogP contribution in [0.1, 0.15) is 58.3 Å². The number of rotatable bonds is 5. The second kappa shape index (κ2) is 6.61. The molecule has 2 nitrogen and oxygen atoms in total. The van der Waals surface area contributed by atoms with Crippen molar-refractivity contribution < 1.29 is 4.74 Å². The van der Waals surface area contributed by atoms with Crippen LogP contribution in [0.25, 0.3) is 0 Å². The lowest BCUT2D eigenvalue weighted by atomic mass is 9.99. The summed E-state index contributed by atoms with van der Waals surface area (Å²) in [5.41, 5.74) is 0. The van der Waals surface area contributed by atoms with Crippen LogP contribution in [-0.4, -0.2) is 25.3 Å². The van der Waals surface area contributed by atoms with Gasteiger partial charge in [-0.15, -0.1) is 0 Å². The van der Waals surface area contributed by atoms with Crippen LogP contribution in [0.3, 0.4) is 0 Å². The Balaban J connectivity index is 1.56. The molecule has 2 atom stereocenters. The van der Waals surface area contributed by atoms with E-state index in [9.17, 15) is 0 Å². The van der Waals surface area contributed by atoms with Crippen LogP contribution in [0.15, 0.2) is 0 Å². The molecule has 0 amide bonds. The smallest absolute Gasteiger partial charge is 0.0587 e. The molecular weight excluding hydrogens is 198 g/mol. The van der Waals surface area contributed by atoms with E-state index in [-0.39, 0.29) is 0 Å². The van der Waals surface area contributed by atoms with E-state index in [0.717, 1.165) is 19.1 Å². The van der Waals surface area contributed by atoms with E-state index < -0.39 is 0 Å². The highest BCUT2D eigenvalue weighted by molar-refractivity contribution is 4.77. The van der Waals surface area contributed by atoms with Gasteiger partial charge in [0.05, 0.1) is 6.10 Å². The third kappa shape index (κ3) is 3.74. The maximum atomic E-state index is 5.75. The Hall–Kier alpha value is -0.0800. The van der Waals surface area contributed by atoms with E-state index in [1.54, 1.807) is 0 Å². The van der Waals surface area contributed by atoms with Crippen molar-refractivity contribution in [3.05, 3.63) is 0 Å². The maximum absolute atomic E-state index is 5.75. The molecule has 0 bridgehead atoms. The lowest BCUT2D eigenvalue weighted by Gasteiger charge is -2.25. The molecule has 0 spiro atoms. The molecular formula is C14H27NO. The molecule has 1 saturated heterocycles. The average Bonchev–Trinajstić information content (AvgIpc) is 2.84. The van der Waals surface area contributed by atoms with Crippen LogP contribution in [0.5, 0.6) is 0 Å². The Bertz CT molecular complexity index is 183. The Morgan fingerprint density at radius 1 is 1.12 bits per heavy atom. The van der Waals surface area contributed by atoms with E-state index in [2.05, 4.69) is 12.2 Å². The summed E-state index contributed by atoms with van der Waals surface area (Å²) >= 11 is 0. The van der Waals surface area contributed by atoms with E-state index in [4.69, 9.17) is 4.74 Å². The van der Waals surface area contributed by atoms with E-state index in [1.807, 2.05) is 0 Å². The van der Waals surface area contributed by atoms with Crippen molar-refractivity contribution in [1.82, 2.24) is 5.32 Å². The first-order chi connectivity index (χ1) is 7.86. The zero-order valence-corrected chi connectivity index (χ0v) is 10.7. The average molecular weight is 225 g/mol. The summed E-state index contributed by atoms with van der Waals surface area (Å²) in [6, 6.07) is 0.714. The van der Waals surface area contributed by atoms with Crippen LogP contribution in [0.4, 0.5) is 0 Å². The van der Waals surface area contributed by atoms with E-state index >= 15 is 0 Å². The molecule has 1 N–H and O–H groups in total. The molecule has 0 aromatic heterocycles. The second-order valence-electron chi connectivity index (χ2n) is 5.56. The van der Waals surface area contributed by atoms with Crippen molar-refractivity contribution in [1.29, 1.82) is 0 Å². The molecule has 1 saturated carbocycles. The van der Waals surface area contributed by atoms with Crippen molar-refractivity contribution in [2.45, 2.75) is 70.4 Å². The molecule has 1 heterocycles. The van der Waals surface area contributed by atoms with Crippen LogP contribution >= 0.6 is 0 Å². The van der Waals surface area contributed by atoms with Gasteiger partial charge in [-0.25, -0.2) is 0 Å². The first kappa shape index (κ1) is 12.4. The monoisotopic (exact) mass is 225 g/mol. The quantitative estimate of drug-likeness (QED) is 0.776. The fourth-order valence-electron chi connectivity index (χ4n) is 3.13. The molecule has 0 aromatic carbocycles. The summed E-state index contributed by atoms with van der Waals surface area (Å²) in [7, 11) is 0. The molecule has 2 fully saturated rings. The normalized spacial score (nSPS) is 29.4. The zero-order chi connectivity index (χ0) is 11.2. The standard InChI is InChI=1S/C14H27NO/c1-12(13-6-2-3-7-13)15-10-9-14-8-4-5-11-16-14/h12-15H,2-11H2,1H3. The van der Waals surface area contributed by atoms with Gasteiger partial charge in [-0.05, 0) is 57.9 Å². The minimum atomic E-state index is 0.539. The summed E-state index contributed by atoms with van der Waals surface area (Å²) < 4.78 is 5.75. The van der Waals surface area contributed by atoms with Gasteiger partial charge in [0.1, 0.15) is 0 Å². The van der Waals surface area contributed by atoms with E-state index in [0.29, 0.717) is 12.1 Å². The SMILES string of the molecule is CC(NCCC1CCCCO1)C1CCCC1. The fourth-order valence-corrected chi connectivity index (χ4v) is 3.13. The molecule has 2 aliphatic rings. The second-order valence-corrected chi connectivity index (χ2v) is 5.56. The minimum Gasteiger partial charge on any atom is -0.378 e. The van der Waals surface area contributed by atoms with Gasteiger partial charge in [0.25, 0.3) is 0 Å². The Kier molecular flexibility index (Phi) is 5.11. The summed E-state index contributed by atoms with van der Waals surface area (Å²) in [5, 5.41) is 3.69. The summed E-state index contributed by atoms with van der Waals surface area (Å²) in [6.07, 6.45) is 11.4. The molecule has 1 aliphatic heterocycles. The molecule has 2 rings (SSSR count). The van der Waals surface area contributed by atoms with Crippen molar-refractivity contribution in [2.75, 3.05) is 13.2 Å². The van der Waals surface area contributed by atoms with Gasteiger partial charge >= 0.3 is 0 Å². The predicted octanol–water partition coefficient (Wildman–Crippen LogP) is 3.11. The highest BCUT2D eigenvalue weighted by atomic mass is 16.5. The Labute approximate surface area is 100 Å². The number of ether oxygens (including phenoxy) is 1. The van der Waals surface area contributed by atoms with Crippen LogP contribution in [0, 0.1) is 5.92 Å². The predicted molar refractivity (Wildman–Crippen MR) is 67.6 cm³/mol. The van der Waals surface area contributed by atoms with Gasteiger partial charge in [-0.1, -0.05) is 12.8 Å². The van der Waals surface area contributed by atoms with Crippen molar-refractivity contribution >= 4 is 0 Å². The van der Waals surface area contributed by atoms with Gasteiger partial charge in [0.15, 0.2) is 0 Å². The Morgan fingerprint density at radius 3 is 2.56 bits per heavy atom. The van der Waals surface area contributed by atoms with Crippen molar-refractivity contribution in [3.63, 3.8) is 0 Å². The topological polar surface area (TPSA) is 21.3 Å². The summed E-state index contributed by atoms with van der Waals surface area (Å²) in [6.45, 7) is 4.49. The number of hydrogen-bond acceptors (Lipinski definition) is 2. The number of hydrogen-bond donors (Lipinski definition) is 1. The fraction of sp³-hybridized carbons (Fsp3) is 1.00. The third-order valence-corrected chi connectivity index (χ3v) is 4.31. The Morgan fingerprint density at radius 2 is 1.88 bits per heavy atom. The van der Waals surface area contributed by atoms with Gasteiger partial charge in [-0.2, -0.15) is 0 Å². The van der Waals surface area contributed by atoms with Crippen LogP contribution in [0.2, 0.25) is 0 Å². The van der Waals surface area contributed by atoms with Gasteiger partial charge in [-0.3, -0.25) is 0 Å². The van der Waals surface area contributed by atoms with Gasteiger partial charge < -0.3 is 10.1 Å². The molecule has 2 unspecified atom stereocenters. The minimum absolute atomic E-state index is 0.539. The highest BCUT2D eigenvalue weighted by Gasteiger charge is 2.21. The molecule has 1 aliphatic carbocycles. The summed E-state index contributed by atoms with van der Waals surface area (Å²) in [5.74, 6) is 0.937. The lowest BCUT2D eigenvalue weighted by molar-refractivity contribution is 0.0110. The highest BCUT2D eigenvalue weighted by Crippen LogP contribution is 2.27. The van der Waals surface area contributed by atoms with Crippen molar-refractivity contribution in [2.24, 2.45) is 5.92 Å². The molecule has 0 aromatic rings. The zero-order valence-electron chi connectivity index (χ0n) is 10.7. The van der Waals surface area contributed by atoms with Crippen LogP contribution < -0.4 is 5.32 Å². The summed E-state index contributed by atoms with van der Waals surface area (Å²) in [4.78, 5) is 0. The lowest BCUT2D eigenvalue weighted by Crippen LogP contribution is -2.35. The first-order valence-corrected chi connectivity index (χ1v) is 7.21. The van der Waals surface area contributed by atoms with Gasteiger partial charge in [0, 0.05) is 12.6 Å². The largest absolute Gasteiger partial charge is 0.378 e. The number of nitrogens with one attached hydrogen (secondary N) is 1. The molecule has 16 heavy (non-hydrogen) atoms. The molecule has 2 heteroatoms. The van der Waals surface area contributed by atoms with Crippen molar-refractivity contribution in [3.8, 4) is 0 Å². The third-order valence-electron chi connectivity index (χ3n) is 4.31. The first-order valence-electron chi connectivity index (χ1n) is 7.21. The van der Waals surface area contributed by atoms with E-state index in [1.165, 1.54) is 51.4 Å². The molecule has 0 radical (unpaired) electrons. The van der Waals surface area contributed by atoms with Crippen LogP contribution in [-0.2, 0) is 4.74 Å². The maximum Gasteiger partial charge on any atom is 0.0587 e. The molecule has 94 valence electrons.